The molecule has 1 unspecified atom stereocenters. The number of hydrogen-bond donors (Lipinski definition) is 2. The van der Waals surface area contributed by atoms with Gasteiger partial charge in [-0.1, -0.05) is 29.4 Å². The monoisotopic (exact) mass is 382 g/mol. The molecule has 0 aliphatic carbocycles. The largest absolute Gasteiger partial charge is 0.324 e. The lowest BCUT2D eigenvalue weighted by atomic mass is 10.1. The van der Waals surface area contributed by atoms with Gasteiger partial charge in [-0.3, -0.25) is 4.79 Å². The molecule has 0 fully saturated rings. The van der Waals surface area contributed by atoms with Gasteiger partial charge in [-0.2, -0.15) is 0 Å². The Hall–Kier alpha value is -1.01. The molecule has 108 valence electrons. The van der Waals surface area contributed by atoms with E-state index in [1.165, 1.54) is 0 Å². The third kappa shape index (κ3) is 2.97. The molecule has 1 aliphatic rings. The first kappa shape index (κ1) is 14.9. The molecule has 1 aliphatic heterocycles. The summed E-state index contributed by atoms with van der Waals surface area (Å²) in [6.07, 6.45) is 0. The first-order valence-electron chi connectivity index (χ1n) is 6.33. The Labute approximate surface area is 140 Å². The summed E-state index contributed by atoms with van der Waals surface area (Å²) in [6.45, 7) is 0. The van der Waals surface area contributed by atoms with Gasteiger partial charge in [0.25, 0.3) is 0 Å². The molecule has 2 aromatic carbocycles. The number of benzene rings is 2. The van der Waals surface area contributed by atoms with Crippen LogP contribution in [0.25, 0.3) is 0 Å². The van der Waals surface area contributed by atoms with Crippen molar-refractivity contribution < 1.29 is 4.79 Å². The van der Waals surface area contributed by atoms with Gasteiger partial charge in [0.1, 0.15) is 6.04 Å². The van der Waals surface area contributed by atoms with Crippen LogP contribution in [0.15, 0.2) is 50.7 Å². The van der Waals surface area contributed by atoms with Crippen LogP contribution in [0.4, 0.5) is 5.69 Å². The highest BCUT2D eigenvalue weighted by molar-refractivity contribution is 9.10. The number of nitrogens with one attached hydrogen (secondary N) is 2. The summed E-state index contributed by atoms with van der Waals surface area (Å²) in [5, 5.41) is 6.63. The van der Waals surface area contributed by atoms with Crippen LogP contribution in [0.3, 0.4) is 0 Å². The molecule has 1 heterocycles. The molecule has 0 bridgehead atoms. The number of halogens is 2. The Bertz CT molecular complexity index is 723. The van der Waals surface area contributed by atoms with Crippen molar-refractivity contribution in [3.8, 4) is 0 Å². The zero-order chi connectivity index (χ0) is 15.0. The Balaban J connectivity index is 1.95. The van der Waals surface area contributed by atoms with Gasteiger partial charge in [0.2, 0.25) is 5.91 Å². The van der Waals surface area contributed by atoms with Crippen LogP contribution < -0.4 is 10.6 Å². The van der Waals surface area contributed by atoms with Crippen LogP contribution in [-0.4, -0.2) is 13.0 Å². The van der Waals surface area contributed by atoms with Crippen molar-refractivity contribution in [1.29, 1.82) is 0 Å². The molecule has 0 spiro atoms. The van der Waals surface area contributed by atoms with Gasteiger partial charge in [0, 0.05) is 30.5 Å². The van der Waals surface area contributed by atoms with Crippen LogP contribution in [0.5, 0.6) is 0 Å². The average Bonchev–Trinajstić information content (AvgIpc) is 2.74. The maximum absolute atomic E-state index is 11.9. The molecule has 3 rings (SSSR count). The Morgan fingerprint density at radius 3 is 2.86 bits per heavy atom. The fourth-order valence-corrected chi connectivity index (χ4v) is 4.06. The van der Waals surface area contributed by atoms with E-state index in [2.05, 4.69) is 26.6 Å². The third-order valence-corrected chi connectivity index (χ3v) is 5.45. The van der Waals surface area contributed by atoms with E-state index in [0.717, 1.165) is 25.5 Å². The maximum atomic E-state index is 11.9. The summed E-state index contributed by atoms with van der Waals surface area (Å²) in [4.78, 5) is 14.0. The average molecular weight is 384 g/mol. The fraction of sp³-hybridized carbons (Fsp3) is 0.133. The van der Waals surface area contributed by atoms with E-state index < -0.39 is 0 Å². The van der Waals surface area contributed by atoms with Crippen LogP contribution in [0.1, 0.15) is 11.6 Å². The Kier molecular flexibility index (Phi) is 4.26. The summed E-state index contributed by atoms with van der Waals surface area (Å²) in [7, 11) is 1.78. The van der Waals surface area contributed by atoms with Crippen molar-refractivity contribution in [3.63, 3.8) is 0 Å². The van der Waals surface area contributed by atoms with Gasteiger partial charge in [-0.25, -0.2) is 0 Å². The SMILES string of the molecule is CNC1C(=O)Nc2cc(Sc3cccc(Cl)c3)c(Br)cc21. The predicted octanol–water partition coefficient (Wildman–Crippen LogP) is 4.47. The molecule has 0 radical (unpaired) electrons. The molecule has 2 aromatic rings. The lowest BCUT2D eigenvalue weighted by Crippen LogP contribution is -2.23. The molecular formula is C15H12BrClN2OS. The maximum Gasteiger partial charge on any atom is 0.246 e. The summed E-state index contributed by atoms with van der Waals surface area (Å²) < 4.78 is 0.961. The first-order chi connectivity index (χ1) is 10.1. The highest BCUT2D eigenvalue weighted by Gasteiger charge is 2.30. The third-order valence-electron chi connectivity index (χ3n) is 3.25. The summed E-state index contributed by atoms with van der Waals surface area (Å²) in [5.41, 5.74) is 1.82. The van der Waals surface area contributed by atoms with Gasteiger partial charge in [-0.05, 0) is 53.3 Å². The Morgan fingerprint density at radius 2 is 2.14 bits per heavy atom. The number of hydrogen-bond acceptors (Lipinski definition) is 3. The molecule has 0 aromatic heterocycles. The molecule has 6 heteroatoms. The molecule has 0 saturated heterocycles. The number of carbonyl (C=O) groups excluding carboxylic acids is 1. The van der Waals surface area contributed by atoms with Crippen LogP contribution in [0, 0.1) is 0 Å². The van der Waals surface area contributed by atoms with Gasteiger partial charge < -0.3 is 10.6 Å². The summed E-state index contributed by atoms with van der Waals surface area (Å²) in [5.74, 6) is -0.0238. The van der Waals surface area contributed by atoms with Crippen LogP contribution in [-0.2, 0) is 4.79 Å². The normalized spacial score (nSPS) is 16.7. The quantitative estimate of drug-likeness (QED) is 0.822. The van der Waals surface area contributed by atoms with Crippen molar-refractivity contribution in [3.05, 3.63) is 51.5 Å². The highest BCUT2D eigenvalue weighted by Crippen LogP contribution is 2.41. The smallest absolute Gasteiger partial charge is 0.246 e. The van der Waals surface area contributed by atoms with Gasteiger partial charge in [0.05, 0.1) is 0 Å². The van der Waals surface area contributed by atoms with E-state index in [9.17, 15) is 4.79 Å². The minimum atomic E-state index is -0.290. The van der Waals surface area contributed by atoms with Gasteiger partial charge in [0.15, 0.2) is 0 Å². The van der Waals surface area contributed by atoms with Gasteiger partial charge in [-0.15, -0.1) is 0 Å². The lowest BCUT2D eigenvalue weighted by Gasteiger charge is -2.10. The molecule has 21 heavy (non-hydrogen) atoms. The van der Waals surface area contributed by atoms with Crippen molar-refractivity contribution in [2.24, 2.45) is 0 Å². The minimum Gasteiger partial charge on any atom is -0.324 e. The highest BCUT2D eigenvalue weighted by atomic mass is 79.9. The molecular weight excluding hydrogens is 372 g/mol. The van der Waals surface area contributed by atoms with Crippen molar-refractivity contribution in [2.45, 2.75) is 15.8 Å². The van der Waals surface area contributed by atoms with E-state index in [1.807, 2.05) is 36.4 Å². The van der Waals surface area contributed by atoms with Crippen molar-refractivity contribution in [2.75, 3.05) is 12.4 Å². The van der Waals surface area contributed by atoms with E-state index in [4.69, 9.17) is 11.6 Å². The van der Waals surface area contributed by atoms with Crippen LogP contribution >= 0.6 is 39.3 Å². The zero-order valence-electron chi connectivity index (χ0n) is 11.1. The van der Waals surface area contributed by atoms with Crippen LogP contribution in [0.2, 0.25) is 5.02 Å². The topological polar surface area (TPSA) is 41.1 Å². The van der Waals surface area contributed by atoms with E-state index in [-0.39, 0.29) is 11.9 Å². The number of carbonyl (C=O) groups is 1. The standard InChI is InChI=1S/C15H12BrClN2OS/c1-18-14-10-6-11(16)13(7-12(10)19-15(14)20)21-9-4-2-3-8(17)5-9/h2-7,14,18H,1H3,(H,19,20). The summed E-state index contributed by atoms with van der Waals surface area (Å²) in [6, 6.07) is 11.4. The lowest BCUT2D eigenvalue weighted by molar-refractivity contribution is -0.117. The number of likely N-dealkylation sites (N-methyl/N-ethyl adjacent to an activating group) is 1. The fourth-order valence-electron chi connectivity index (χ4n) is 2.28. The van der Waals surface area contributed by atoms with E-state index in [1.54, 1.807) is 18.8 Å². The number of anilines is 1. The second-order valence-electron chi connectivity index (χ2n) is 4.64. The van der Waals surface area contributed by atoms with Crippen molar-refractivity contribution >= 4 is 50.9 Å². The second-order valence-corrected chi connectivity index (χ2v) is 7.05. The van der Waals surface area contributed by atoms with Crippen molar-refractivity contribution in [1.82, 2.24) is 5.32 Å². The number of fused-ring (bicyclic) bond motifs is 1. The van der Waals surface area contributed by atoms with Gasteiger partial charge >= 0.3 is 0 Å². The predicted molar refractivity (Wildman–Crippen MR) is 90.1 cm³/mol. The van der Waals surface area contributed by atoms with E-state index >= 15 is 0 Å². The first-order valence-corrected chi connectivity index (χ1v) is 8.32. The molecule has 0 saturated carbocycles. The molecule has 1 atom stereocenters. The minimum absolute atomic E-state index is 0.0238. The van der Waals surface area contributed by atoms with E-state index in [0.29, 0.717) is 5.02 Å². The molecule has 2 N–H and O–H groups in total. The summed E-state index contributed by atoms with van der Waals surface area (Å²) >= 11 is 11.2. The molecule has 3 nitrogen and oxygen atoms in total. The number of rotatable bonds is 3. The number of amides is 1. The Morgan fingerprint density at radius 1 is 1.33 bits per heavy atom. The zero-order valence-corrected chi connectivity index (χ0v) is 14.3. The molecule has 1 amide bonds. The second kappa shape index (κ2) is 6.01.